The minimum Gasteiger partial charge on any atom is -0.269 e. The summed E-state index contributed by atoms with van der Waals surface area (Å²) in [6, 6.07) is 24.5. The molecule has 24 heavy (non-hydrogen) atoms. The van der Waals surface area contributed by atoms with E-state index in [0.29, 0.717) is 12.1 Å². The SMILES string of the molecule is c1ccc(CC[C@@H]2C[C@@H]3Cc4ccc5ccccc5c4N2O3)cc1. The van der Waals surface area contributed by atoms with Crippen LogP contribution >= 0.6 is 0 Å². The van der Waals surface area contributed by atoms with Crippen LogP contribution < -0.4 is 5.06 Å². The van der Waals surface area contributed by atoms with Crippen LogP contribution in [0.3, 0.4) is 0 Å². The second-order valence-electron chi connectivity index (χ2n) is 6.97. The van der Waals surface area contributed by atoms with Gasteiger partial charge < -0.3 is 0 Å². The van der Waals surface area contributed by atoms with Crippen LogP contribution in [0.25, 0.3) is 10.8 Å². The minimum atomic E-state index is 0.347. The minimum absolute atomic E-state index is 0.347. The third kappa shape index (κ3) is 2.30. The number of hydrogen-bond acceptors (Lipinski definition) is 2. The fourth-order valence-corrected chi connectivity index (χ4v) is 4.23. The molecule has 0 unspecified atom stereocenters. The van der Waals surface area contributed by atoms with E-state index in [-0.39, 0.29) is 0 Å². The average molecular weight is 315 g/mol. The summed E-state index contributed by atoms with van der Waals surface area (Å²) in [5.41, 5.74) is 4.16. The Morgan fingerprint density at radius 1 is 0.917 bits per heavy atom. The topological polar surface area (TPSA) is 12.5 Å². The van der Waals surface area contributed by atoms with E-state index in [0.717, 1.165) is 25.7 Å². The lowest BCUT2D eigenvalue weighted by Crippen LogP contribution is -2.31. The zero-order valence-electron chi connectivity index (χ0n) is 13.7. The molecule has 0 spiro atoms. The van der Waals surface area contributed by atoms with Gasteiger partial charge in [0, 0.05) is 11.8 Å². The molecule has 3 aromatic rings. The molecule has 1 fully saturated rings. The first-order chi connectivity index (χ1) is 11.9. The molecule has 2 aliphatic rings. The lowest BCUT2D eigenvalue weighted by atomic mass is 9.99. The van der Waals surface area contributed by atoms with E-state index in [1.807, 2.05) is 0 Å². The van der Waals surface area contributed by atoms with Gasteiger partial charge in [-0.05, 0) is 35.8 Å². The monoisotopic (exact) mass is 315 g/mol. The molecule has 5 rings (SSSR count). The van der Waals surface area contributed by atoms with Gasteiger partial charge in [-0.25, -0.2) is 5.06 Å². The smallest absolute Gasteiger partial charge is 0.0918 e. The Labute approximate surface area is 142 Å². The van der Waals surface area contributed by atoms with E-state index in [1.165, 1.54) is 27.6 Å². The maximum atomic E-state index is 6.27. The molecule has 0 amide bonds. The van der Waals surface area contributed by atoms with Crippen molar-refractivity contribution in [2.24, 2.45) is 0 Å². The lowest BCUT2D eigenvalue weighted by molar-refractivity contribution is 0.0737. The highest BCUT2D eigenvalue weighted by molar-refractivity contribution is 5.96. The van der Waals surface area contributed by atoms with Crippen molar-refractivity contribution in [2.75, 3.05) is 5.06 Å². The van der Waals surface area contributed by atoms with Crippen molar-refractivity contribution in [3.63, 3.8) is 0 Å². The molecule has 2 nitrogen and oxygen atoms in total. The Morgan fingerprint density at radius 3 is 2.67 bits per heavy atom. The number of hydrogen-bond donors (Lipinski definition) is 0. The zero-order valence-corrected chi connectivity index (χ0v) is 13.7. The second kappa shape index (κ2) is 5.64. The largest absolute Gasteiger partial charge is 0.269 e. The third-order valence-corrected chi connectivity index (χ3v) is 5.39. The van der Waals surface area contributed by atoms with Gasteiger partial charge in [-0.3, -0.25) is 4.84 Å². The summed E-state index contributed by atoms with van der Waals surface area (Å²) in [4.78, 5) is 6.27. The fourth-order valence-electron chi connectivity index (χ4n) is 4.23. The molecular formula is C22H21NO. The van der Waals surface area contributed by atoms with E-state index in [4.69, 9.17) is 4.84 Å². The van der Waals surface area contributed by atoms with Crippen LogP contribution in [0.15, 0.2) is 66.7 Å². The first-order valence-corrected chi connectivity index (χ1v) is 8.89. The lowest BCUT2D eigenvalue weighted by Gasteiger charge is -2.31. The van der Waals surface area contributed by atoms with Crippen LogP contribution in [0.2, 0.25) is 0 Å². The Balaban J connectivity index is 1.48. The van der Waals surface area contributed by atoms with Crippen LogP contribution in [-0.4, -0.2) is 12.1 Å². The van der Waals surface area contributed by atoms with Gasteiger partial charge in [-0.2, -0.15) is 0 Å². The van der Waals surface area contributed by atoms with Crippen molar-refractivity contribution in [3.05, 3.63) is 77.9 Å². The summed E-state index contributed by atoms with van der Waals surface area (Å²) in [6.45, 7) is 0. The second-order valence-corrected chi connectivity index (χ2v) is 6.97. The quantitative estimate of drug-likeness (QED) is 0.681. The maximum absolute atomic E-state index is 6.27. The van der Waals surface area contributed by atoms with Gasteiger partial charge in [-0.15, -0.1) is 0 Å². The van der Waals surface area contributed by atoms with Crippen molar-refractivity contribution in [2.45, 2.75) is 37.8 Å². The number of fused-ring (bicyclic) bond motifs is 6. The summed E-state index contributed by atoms with van der Waals surface area (Å²) in [5.74, 6) is 0. The summed E-state index contributed by atoms with van der Waals surface area (Å²) in [6.07, 6.45) is 4.77. The maximum Gasteiger partial charge on any atom is 0.0918 e. The molecule has 2 heterocycles. The van der Waals surface area contributed by atoms with Crippen LogP contribution in [0.4, 0.5) is 5.69 Å². The van der Waals surface area contributed by atoms with Gasteiger partial charge in [-0.1, -0.05) is 66.7 Å². The summed E-state index contributed by atoms with van der Waals surface area (Å²) in [7, 11) is 0. The predicted molar refractivity (Wildman–Crippen MR) is 98.2 cm³/mol. The van der Waals surface area contributed by atoms with Gasteiger partial charge in [0.25, 0.3) is 0 Å². The molecule has 2 heteroatoms. The van der Waals surface area contributed by atoms with Crippen molar-refractivity contribution < 1.29 is 4.84 Å². The Kier molecular flexibility index (Phi) is 3.30. The highest BCUT2D eigenvalue weighted by Crippen LogP contribution is 2.43. The first kappa shape index (κ1) is 14.1. The molecule has 2 aliphatic heterocycles. The highest BCUT2D eigenvalue weighted by atomic mass is 16.7. The number of anilines is 1. The summed E-state index contributed by atoms with van der Waals surface area (Å²) in [5, 5.41) is 4.85. The van der Waals surface area contributed by atoms with Gasteiger partial charge in [0.05, 0.1) is 17.8 Å². The highest BCUT2D eigenvalue weighted by Gasteiger charge is 2.39. The average Bonchev–Trinajstić information content (AvgIpc) is 2.96. The van der Waals surface area contributed by atoms with E-state index in [9.17, 15) is 0 Å². The fraction of sp³-hybridized carbons (Fsp3) is 0.273. The Bertz CT molecular complexity index is 874. The molecule has 2 atom stereocenters. The van der Waals surface area contributed by atoms with Crippen LogP contribution in [-0.2, 0) is 17.7 Å². The number of benzene rings is 3. The molecule has 3 aromatic carbocycles. The van der Waals surface area contributed by atoms with E-state index >= 15 is 0 Å². The molecule has 120 valence electrons. The zero-order chi connectivity index (χ0) is 15.9. The van der Waals surface area contributed by atoms with E-state index in [2.05, 4.69) is 71.8 Å². The standard InChI is InChI=1S/C22H21NO/c1-2-6-16(7-3-1)10-13-19-15-20-14-18-12-11-17-8-4-5-9-21(17)22(18)23(19)24-20/h1-9,11-12,19-20H,10,13-15H2/t19-,20+/m1/s1. The summed E-state index contributed by atoms with van der Waals surface area (Å²) >= 11 is 0. The molecule has 0 saturated carbocycles. The van der Waals surface area contributed by atoms with Crippen molar-refractivity contribution >= 4 is 16.5 Å². The van der Waals surface area contributed by atoms with E-state index < -0.39 is 0 Å². The number of hydroxylamine groups is 1. The van der Waals surface area contributed by atoms with E-state index in [1.54, 1.807) is 0 Å². The van der Waals surface area contributed by atoms with Gasteiger partial charge >= 0.3 is 0 Å². The Morgan fingerprint density at radius 2 is 1.75 bits per heavy atom. The molecule has 0 N–H and O–H groups in total. The number of aryl methyl sites for hydroxylation is 1. The molecule has 0 radical (unpaired) electrons. The van der Waals surface area contributed by atoms with Crippen LogP contribution in [0, 0.1) is 0 Å². The van der Waals surface area contributed by atoms with Gasteiger partial charge in [0.2, 0.25) is 0 Å². The molecule has 2 bridgehead atoms. The normalized spacial score (nSPS) is 21.9. The summed E-state index contributed by atoms with van der Waals surface area (Å²) < 4.78 is 0. The van der Waals surface area contributed by atoms with Gasteiger partial charge in [0.1, 0.15) is 0 Å². The molecular weight excluding hydrogens is 294 g/mol. The molecule has 0 aromatic heterocycles. The van der Waals surface area contributed by atoms with Crippen molar-refractivity contribution in [3.8, 4) is 0 Å². The number of rotatable bonds is 3. The van der Waals surface area contributed by atoms with Gasteiger partial charge in [0.15, 0.2) is 0 Å². The first-order valence-electron chi connectivity index (χ1n) is 8.89. The Hall–Kier alpha value is -2.32. The third-order valence-electron chi connectivity index (χ3n) is 5.39. The molecule has 0 aliphatic carbocycles. The van der Waals surface area contributed by atoms with Crippen molar-refractivity contribution in [1.82, 2.24) is 0 Å². The molecule has 1 saturated heterocycles. The van der Waals surface area contributed by atoms with Crippen LogP contribution in [0.5, 0.6) is 0 Å². The predicted octanol–water partition coefficient (Wildman–Crippen LogP) is 4.91. The van der Waals surface area contributed by atoms with Crippen molar-refractivity contribution in [1.29, 1.82) is 0 Å². The van der Waals surface area contributed by atoms with Crippen LogP contribution in [0.1, 0.15) is 24.0 Å². The number of nitrogens with zero attached hydrogens (tertiary/aromatic N) is 1.